The maximum absolute atomic E-state index is 5.21. The Kier molecular flexibility index (Phi) is 2.85. The van der Waals surface area contributed by atoms with Crippen LogP contribution in [0.3, 0.4) is 0 Å². The van der Waals surface area contributed by atoms with Gasteiger partial charge < -0.3 is 4.74 Å². The van der Waals surface area contributed by atoms with E-state index in [2.05, 4.69) is 18.1 Å². The summed E-state index contributed by atoms with van der Waals surface area (Å²) in [6.07, 6.45) is 1.74. The fraction of sp³-hybridized carbons (Fsp3) is 0.182. The van der Waals surface area contributed by atoms with E-state index >= 15 is 0 Å². The molecule has 1 heterocycles. The van der Waals surface area contributed by atoms with Crippen LogP contribution >= 0.6 is 0 Å². The molecule has 13 heavy (non-hydrogen) atoms. The summed E-state index contributed by atoms with van der Waals surface area (Å²) in [6.45, 7) is 11.2. The molecule has 0 atom stereocenters. The summed E-state index contributed by atoms with van der Waals surface area (Å²) in [5.41, 5.74) is 2.02. The van der Waals surface area contributed by atoms with Crippen LogP contribution < -0.4 is 4.74 Å². The second kappa shape index (κ2) is 3.90. The number of hydrogen-bond donors (Lipinski definition) is 0. The zero-order chi connectivity index (χ0) is 9.84. The van der Waals surface area contributed by atoms with Crippen LogP contribution in [0.1, 0.15) is 19.4 Å². The summed E-state index contributed by atoms with van der Waals surface area (Å²) in [7, 11) is 0. The molecule has 0 bridgehead atoms. The lowest BCUT2D eigenvalue weighted by molar-refractivity contribution is 0.413. The first kappa shape index (κ1) is 9.52. The molecule has 2 nitrogen and oxygen atoms in total. The lowest BCUT2D eigenvalue weighted by atomic mass is 10.2. The maximum atomic E-state index is 5.21. The van der Waals surface area contributed by atoms with Gasteiger partial charge in [0.15, 0.2) is 0 Å². The Bertz CT molecular complexity index is 324. The van der Waals surface area contributed by atoms with Gasteiger partial charge in [0.1, 0.15) is 0 Å². The van der Waals surface area contributed by atoms with E-state index in [1.54, 1.807) is 19.2 Å². The van der Waals surface area contributed by atoms with Crippen LogP contribution in [0.4, 0.5) is 0 Å². The minimum Gasteiger partial charge on any atom is -0.444 e. The lowest BCUT2D eigenvalue weighted by Gasteiger charge is -2.03. The Morgan fingerprint density at radius 2 is 2.00 bits per heavy atom. The third-order valence-corrected chi connectivity index (χ3v) is 1.51. The quantitative estimate of drug-likeness (QED) is 0.659. The van der Waals surface area contributed by atoms with Gasteiger partial charge >= 0.3 is 0 Å². The molecule has 0 radical (unpaired) electrons. The van der Waals surface area contributed by atoms with Crippen molar-refractivity contribution in [3.8, 4) is 5.88 Å². The number of aromatic nitrogens is 1. The van der Waals surface area contributed by atoms with E-state index in [4.69, 9.17) is 4.74 Å². The van der Waals surface area contributed by atoms with Crippen molar-refractivity contribution in [2.24, 2.45) is 0 Å². The largest absolute Gasteiger partial charge is 0.444 e. The molecular formula is C11H13NO. The van der Waals surface area contributed by atoms with Gasteiger partial charge in [-0.15, -0.1) is 0 Å². The number of allylic oxidation sites excluding steroid dienone is 2. The molecule has 0 aliphatic carbocycles. The van der Waals surface area contributed by atoms with Crippen molar-refractivity contribution < 1.29 is 4.74 Å². The van der Waals surface area contributed by atoms with Gasteiger partial charge in [-0.3, -0.25) is 0 Å². The predicted octanol–water partition coefficient (Wildman–Crippen LogP) is 3.03. The second-order valence-corrected chi connectivity index (χ2v) is 2.97. The van der Waals surface area contributed by atoms with Gasteiger partial charge in [0.2, 0.25) is 5.88 Å². The molecule has 0 amide bonds. The van der Waals surface area contributed by atoms with Gasteiger partial charge in [0.05, 0.1) is 5.76 Å². The zero-order valence-electron chi connectivity index (χ0n) is 8.00. The van der Waals surface area contributed by atoms with Gasteiger partial charge in [-0.2, -0.15) is 0 Å². The van der Waals surface area contributed by atoms with Gasteiger partial charge in [-0.25, -0.2) is 4.98 Å². The van der Waals surface area contributed by atoms with Gasteiger partial charge in [0, 0.05) is 12.3 Å². The Balaban J connectivity index is 2.81. The maximum Gasteiger partial charge on any atom is 0.218 e. The summed E-state index contributed by atoms with van der Waals surface area (Å²) in [4.78, 5) is 4.10. The van der Waals surface area contributed by atoms with Crippen molar-refractivity contribution >= 4 is 5.57 Å². The smallest absolute Gasteiger partial charge is 0.218 e. The number of nitrogens with zero attached hydrogens (tertiary/aromatic N) is 1. The van der Waals surface area contributed by atoms with Crippen LogP contribution in [0.15, 0.2) is 37.2 Å². The molecule has 0 spiro atoms. The van der Waals surface area contributed by atoms with E-state index in [1.807, 2.05) is 13.0 Å². The van der Waals surface area contributed by atoms with Crippen molar-refractivity contribution in [1.82, 2.24) is 4.98 Å². The minimum absolute atomic E-state index is 0.567. The predicted molar refractivity (Wildman–Crippen MR) is 54.4 cm³/mol. The summed E-state index contributed by atoms with van der Waals surface area (Å²) in [5.74, 6) is 1.20. The van der Waals surface area contributed by atoms with E-state index in [-0.39, 0.29) is 0 Å². The Morgan fingerprint density at radius 3 is 2.38 bits per heavy atom. The molecule has 0 fully saturated rings. The first-order valence-electron chi connectivity index (χ1n) is 4.05. The van der Waals surface area contributed by atoms with Crippen molar-refractivity contribution in [3.63, 3.8) is 0 Å². The molecule has 0 saturated heterocycles. The molecule has 2 heteroatoms. The van der Waals surface area contributed by atoms with Crippen LogP contribution in [-0.4, -0.2) is 4.98 Å². The van der Waals surface area contributed by atoms with E-state index in [9.17, 15) is 0 Å². The fourth-order valence-electron chi connectivity index (χ4n) is 0.872. The van der Waals surface area contributed by atoms with Crippen LogP contribution in [0.2, 0.25) is 0 Å². The highest BCUT2D eigenvalue weighted by atomic mass is 16.5. The highest BCUT2D eigenvalue weighted by Gasteiger charge is 1.96. The molecule has 1 aromatic heterocycles. The highest BCUT2D eigenvalue weighted by molar-refractivity contribution is 5.60. The number of pyridine rings is 1. The third-order valence-electron chi connectivity index (χ3n) is 1.51. The molecule has 0 aromatic carbocycles. The van der Waals surface area contributed by atoms with E-state index < -0.39 is 0 Å². The molecule has 0 saturated carbocycles. The minimum atomic E-state index is 0.567. The monoisotopic (exact) mass is 175 g/mol. The van der Waals surface area contributed by atoms with Gasteiger partial charge in [-0.1, -0.05) is 13.2 Å². The topological polar surface area (TPSA) is 22.1 Å². The van der Waals surface area contributed by atoms with E-state index in [0.717, 1.165) is 11.1 Å². The Hall–Kier alpha value is -1.57. The molecule has 68 valence electrons. The molecule has 0 unspecified atom stereocenters. The Labute approximate surface area is 78.6 Å². The van der Waals surface area contributed by atoms with Crippen LogP contribution in [0, 0.1) is 0 Å². The van der Waals surface area contributed by atoms with E-state index in [0.29, 0.717) is 11.6 Å². The average molecular weight is 175 g/mol. The summed E-state index contributed by atoms with van der Waals surface area (Å²) in [5, 5.41) is 0. The Morgan fingerprint density at radius 1 is 1.31 bits per heavy atom. The van der Waals surface area contributed by atoms with Gasteiger partial charge in [-0.05, 0) is 31.1 Å². The molecule has 0 aliphatic rings. The summed E-state index contributed by atoms with van der Waals surface area (Å²) >= 11 is 0. The van der Waals surface area contributed by atoms with Crippen molar-refractivity contribution in [1.29, 1.82) is 0 Å². The van der Waals surface area contributed by atoms with Crippen LogP contribution in [-0.2, 0) is 0 Å². The molecule has 1 aromatic rings. The molecular weight excluding hydrogens is 162 g/mol. The highest BCUT2D eigenvalue weighted by Crippen LogP contribution is 2.14. The number of rotatable bonds is 3. The normalized spacial score (nSPS) is 9.38. The second-order valence-electron chi connectivity index (χ2n) is 2.97. The van der Waals surface area contributed by atoms with Crippen LogP contribution in [0.5, 0.6) is 5.88 Å². The van der Waals surface area contributed by atoms with Gasteiger partial charge in [0.25, 0.3) is 0 Å². The number of ether oxygens (including phenoxy) is 1. The molecule has 1 rings (SSSR count). The van der Waals surface area contributed by atoms with Crippen molar-refractivity contribution in [2.75, 3.05) is 0 Å². The summed E-state index contributed by atoms with van der Waals surface area (Å²) < 4.78 is 5.21. The first-order valence-corrected chi connectivity index (χ1v) is 4.05. The van der Waals surface area contributed by atoms with E-state index in [1.165, 1.54) is 0 Å². The van der Waals surface area contributed by atoms with Crippen molar-refractivity contribution in [3.05, 3.63) is 42.8 Å². The summed E-state index contributed by atoms with van der Waals surface area (Å²) in [6, 6.07) is 3.73. The lowest BCUT2D eigenvalue weighted by Crippen LogP contribution is -1.91. The van der Waals surface area contributed by atoms with Crippen molar-refractivity contribution in [2.45, 2.75) is 13.8 Å². The fourth-order valence-corrected chi connectivity index (χ4v) is 0.872. The molecule has 0 N–H and O–H groups in total. The third kappa shape index (κ3) is 2.75. The van der Waals surface area contributed by atoms with Crippen LogP contribution in [0.25, 0.3) is 5.57 Å². The SMILES string of the molecule is C=C(C)Oc1ccc(C(=C)C)cn1. The average Bonchev–Trinajstić information content (AvgIpc) is 2.04. The molecule has 0 aliphatic heterocycles. The standard InChI is InChI=1S/C11H13NO/c1-8(2)10-5-6-11(12-7-10)13-9(3)4/h5-7H,1,3H2,2,4H3. The zero-order valence-corrected chi connectivity index (χ0v) is 8.00. The first-order chi connectivity index (χ1) is 6.09. The number of hydrogen-bond acceptors (Lipinski definition) is 2.